The van der Waals surface area contributed by atoms with Crippen molar-refractivity contribution < 1.29 is 4.79 Å². The zero-order valence-corrected chi connectivity index (χ0v) is 14.4. The highest BCUT2D eigenvalue weighted by atomic mass is 16.2. The lowest BCUT2D eigenvalue weighted by Crippen LogP contribution is -2.49. The molecular formula is C19H23N5O. The topological polar surface area (TPSA) is 60.8 Å². The van der Waals surface area contributed by atoms with Crippen LogP contribution in [0.15, 0.2) is 60.0 Å². The van der Waals surface area contributed by atoms with Crippen molar-refractivity contribution in [3.63, 3.8) is 0 Å². The molecule has 1 amide bonds. The van der Waals surface area contributed by atoms with E-state index in [0.29, 0.717) is 6.54 Å². The van der Waals surface area contributed by atoms with Crippen LogP contribution in [0.3, 0.4) is 0 Å². The summed E-state index contributed by atoms with van der Waals surface area (Å²) in [7, 11) is 0. The normalized spacial score (nSPS) is 15.9. The Labute approximate surface area is 148 Å². The van der Waals surface area contributed by atoms with Crippen molar-refractivity contribution in [2.75, 3.05) is 37.6 Å². The van der Waals surface area contributed by atoms with E-state index in [0.717, 1.165) is 37.5 Å². The van der Waals surface area contributed by atoms with Crippen LogP contribution in [0.4, 0.5) is 5.69 Å². The van der Waals surface area contributed by atoms with Crippen LogP contribution < -0.4 is 10.3 Å². The number of amides is 1. The number of benzene rings is 1. The van der Waals surface area contributed by atoms with Crippen LogP contribution in [0.1, 0.15) is 12.5 Å². The Morgan fingerprint density at radius 2 is 1.88 bits per heavy atom. The van der Waals surface area contributed by atoms with E-state index in [-0.39, 0.29) is 5.91 Å². The van der Waals surface area contributed by atoms with E-state index < -0.39 is 0 Å². The molecule has 0 saturated carbocycles. The number of aromatic nitrogens is 1. The number of piperazine rings is 1. The summed E-state index contributed by atoms with van der Waals surface area (Å²) in [6, 6.07) is 14.1. The lowest BCUT2D eigenvalue weighted by Gasteiger charge is -2.35. The van der Waals surface area contributed by atoms with E-state index >= 15 is 0 Å². The average molecular weight is 337 g/mol. The Morgan fingerprint density at radius 3 is 2.56 bits per heavy atom. The summed E-state index contributed by atoms with van der Waals surface area (Å²) in [5.41, 5.74) is 5.52. The number of hydrogen-bond donors (Lipinski definition) is 1. The van der Waals surface area contributed by atoms with Gasteiger partial charge in [-0.15, -0.1) is 0 Å². The molecule has 6 nitrogen and oxygen atoms in total. The lowest BCUT2D eigenvalue weighted by atomic mass is 10.2. The number of hydrogen-bond acceptors (Lipinski definition) is 5. The van der Waals surface area contributed by atoms with Crippen molar-refractivity contribution in [1.29, 1.82) is 0 Å². The highest BCUT2D eigenvalue weighted by molar-refractivity contribution is 5.98. The minimum Gasteiger partial charge on any atom is -0.369 e. The SMILES string of the molecule is C/C(=N\NC(=O)CN1CCN(c2ccccc2)CC1)c1cccnc1. The van der Waals surface area contributed by atoms with Gasteiger partial charge in [0.1, 0.15) is 0 Å². The maximum absolute atomic E-state index is 12.1. The number of carbonyl (C=O) groups excluding carboxylic acids is 1. The number of rotatable bonds is 5. The summed E-state index contributed by atoms with van der Waals surface area (Å²) in [6.45, 7) is 5.81. The van der Waals surface area contributed by atoms with Crippen molar-refractivity contribution >= 4 is 17.3 Å². The molecule has 1 aliphatic heterocycles. The Bertz CT molecular complexity index is 709. The molecule has 1 N–H and O–H groups in total. The maximum Gasteiger partial charge on any atom is 0.254 e. The van der Waals surface area contributed by atoms with Gasteiger partial charge in [-0.25, -0.2) is 5.43 Å². The number of nitrogens with one attached hydrogen (secondary N) is 1. The first kappa shape index (κ1) is 17.1. The number of para-hydroxylation sites is 1. The molecule has 6 heteroatoms. The molecule has 0 aliphatic carbocycles. The van der Waals surface area contributed by atoms with Gasteiger partial charge in [-0.1, -0.05) is 24.3 Å². The zero-order valence-electron chi connectivity index (χ0n) is 14.4. The van der Waals surface area contributed by atoms with E-state index in [4.69, 9.17) is 0 Å². The van der Waals surface area contributed by atoms with Gasteiger partial charge in [-0.05, 0) is 25.1 Å². The van der Waals surface area contributed by atoms with Gasteiger partial charge in [0.15, 0.2) is 0 Å². The molecule has 1 aliphatic rings. The van der Waals surface area contributed by atoms with Gasteiger partial charge < -0.3 is 4.90 Å². The molecule has 25 heavy (non-hydrogen) atoms. The van der Waals surface area contributed by atoms with E-state index in [1.807, 2.05) is 25.1 Å². The second-order valence-electron chi connectivity index (χ2n) is 6.07. The van der Waals surface area contributed by atoms with Gasteiger partial charge >= 0.3 is 0 Å². The van der Waals surface area contributed by atoms with Crippen LogP contribution in [-0.4, -0.2) is 54.2 Å². The highest BCUT2D eigenvalue weighted by Crippen LogP contribution is 2.15. The third-order valence-electron chi connectivity index (χ3n) is 4.29. The highest BCUT2D eigenvalue weighted by Gasteiger charge is 2.18. The van der Waals surface area contributed by atoms with Gasteiger partial charge in [-0.2, -0.15) is 5.10 Å². The molecule has 1 fully saturated rings. The fraction of sp³-hybridized carbons (Fsp3) is 0.316. The third-order valence-corrected chi connectivity index (χ3v) is 4.29. The van der Waals surface area contributed by atoms with Gasteiger partial charge in [0, 0.05) is 49.8 Å². The van der Waals surface area contributed by atoms with Crippen LogP contribution in [-0.2, 0) is 4.79 Å². The molecule has 0 spiro atoms. The average Bonchev–Trinajstić information content (AvgIpc) is 2.68. The molecule has 0 radical (unpaired) electrons. The zero-order chi connectivity index (χ0) is 17.5. The number of anilines is 1. The second-order valence-corrected chi connectivity index (χ2v) is 6.07. The van der Waals surface area contributed by atoms with E-state index in [1.165, 1.54) is 5.69 Å². The predicted molar refractivity (Wildman–Crippen MR) is 99.7 cm³/mol. The fourth-order valence-electron chi connectivity index (χ4n) is 2.83. The maximum atomic E-state index is 12.1. The smallest absolute Gasteiger partial charge is 0.254 e. The number of pyridine rings is 1. The molecule has 0 bridgehead atoms. The summed E-state index contributed by atoms with van der Waals surface area (Å²) >= 11 is 0. The van der Waals surface area contributed by atoms with Crippen LogP contribution in [0.5, 0.6) is 0 Å². The number of nitrogens with zero attached hydrogens (tertiary/aromatic N) is 4. The molecule has 2 aromatic rings. The first-order chi connectivity index (χ1) is 12.2. The van der Waals surface area contributed by atoms with Crippen molar-refractivity contribution in [3.8, 4) is 0 Å². The standard InChI is InChI=1S/C19H23N5O/c1-16(17-6-5-9-20-14-17)21-22-19(25)15-23-10-12-24(13-11-23)18-7-3-2-4-8-18/h2-9,14H,10-13,15H2,1H3,(H,22,25)/b21-16+. The van der Waals surface area contributed by atoms with Gasteiger partial charge in [0.05, 0.1) is 12.3 Å². The van der Waals surface area contributed by atoms with E-state index in [9.17, 15) is 4.79 Å². The first-order valence-corrected chi connectivity index (χ1v) is 8.48. The minimum atomic E-state index is -0.0867. The van der Waals surface area contributed by atoms with Crippen LogP contribution >= 0.6 is 0 Å². The summed E-state index contributed by atoms with van der Waals surface area (Å²) in [5, 5.41) is 4.16. The summed E-state index contributed by atoms with van der Waals surface area (Å²) in [6.07, 6.45) is 3.44. The summed E-state index contributed by atoms with van der Waals surface area (Å²) in [4.78, 5) is 20.7. The van der Waals surface area contributed by atoms with Gasteiger partial charge in [-0.3, -0.25) is 14.7 Å². The minimum absolute atomic E-state index is 0.0867. The number of carbonyl (C=O) groups is 1. The van der Waals surface area contributed by atoms with E-state index in [1.54, 1.807) is 12.4 Å². The van der Waals surface area contributed by atoms with Crippen LogP contribution in [0.2, 0.25) is 0 Å². The molecule has 130 valence electrons. The quantitative estimate of drug-likeness (QED) is 0.667. The molecule has 1 saturated heterocycles. The molecule has 1 aromatic heterocycles. The summed E-state index contributed by atoms with van der Waals surface area (Å²) in [5.74, 6) is -0.0867. The van der Waals surface area contributed by atoms with Crippen molar-refractivity contribution in [2.24, 2.45) is 5.10 Å². The van der Waals surface area contributed by atoms with Crippen molar-refractivity contribution in [1.82, 2.24) is 15.3 Å². The van der Waals surface area contributed by atoms with Crippen molar-refractivity contribution in [3.05, 3.63) is 60.4 Å². The Morgan fingerprint density at radius 1 is 1.12 bits per heavy atom. The third kappa shape index (κ3) is 4.87. The molecule has 2 heterocycles. The summed E-state index contributed by atoms with van der Waals surface area (Å²) < 4.78 is 0. The van der Waals surface area contributed by atoms with Crippen molar-refractivity contribution in [2.45, 2.75) is 6.92 Å². The van der Waals surface area contributed by atoms with Gasteiger partial charge in [0.2, 0.25) is 0 Å². The first-order valence-electron chi connectivity index (χ1n) is 8.48. The lowest BCUT2D eigenvalue weighted by molar-refractivity contribution is -0.122. The van der Waals surface area contributed by atoms with Crippen LogP contribution in [0.25, 0.3) is 0 Å². The second kappa shape index (κ2) is 8.39. The Balaban J connectivity index is 1.45. The predicted octanol–water partition coefficient (Wildman–Crippen LogP) is 1.74. The monoisotopic (exact) mass is 337 g/mol. The fourth-order valence-corrected chi connectivity index (χ4v) is 2.83. The molecule has 1 aromatic carbocycles. The molecule has 0 atom stereocenters. The molecule has 0 unspecified atom stereocenters. The van der Waals surface area contributed by atoms with E-state index in [2.05, 4.69) is 49.6 Å². The van der Waals surface area contributed by atoms with Crippen LogP contribution in [0, 0.1) is 0 Å². The Hall–Kier alpha value is -2.73. The molecule has 3 rings (SSSR count). The number of hydrazone groups is 1. The van der Waals surface area contributed by atoms with Gasteiger partial charge in [0.25, 0.3) is 5.91 Å². The Kier molecular flexibility index (Phi) is 5.74. The largest absolute Gasteiger partial charge is 0.369 e. The molecular weight excluding hydrogens is 314 g/mol.